The van der Waals surface area contributed by atoms with Crippen LogP contribution in [0.4, 0.5) is 24.5 Å². The summed E-state index contributed by atoms with van der Waals surface area (Å²) in [5.41, 5.74) is 1.40. The van der Waals surface area contributed by atoms with E-state index in [1.807, 2.05) is 6.92 Å². The Hall–Kier alpha value is -1.50. The van der Waals surface area contributed by atoms with E-state index in [0.717, 1.165) is 23.5 Å². The van der Waals surface area contributed by atoms with Crippen molar-refractivity contribution < 1.29 is 13.2 Å². The topological polar surface area (TPSA) is 29.9 Å². The predicted octanol–water partition coefficient (Wildman–Crippen LogP) is 4.25. The van der Waals surface area contributed by atoms with E-state index < -0.39 is 11.7 Å². The molecule has 102 valence electrons. The fraction of sp³-hybridized carbons (Fsp3) is 0.250. The van der Waals surface area contributed by atoms with Gasteiger partial charge in [-0.2, -0.15) is 18.3 Å². The van der Waals surface area contributed by atoms with Gasteiger partial charge in [0, 0.05) is 17.7 Å². The molecule has 0 fully saturated rings. The van der Waals surface area contributed by atoms with E-state index in [1.54, 1.807) is 17.9 Å². The van der Waals surface area contributed by atoms with Gasteiger partial charge in [-0.15, -0.1) is 0 Å². The minimum Gasteiger partial charge on any atom is -0.352 e. The number of anilines is 2. The average molecular weight is 334 g/mol. The highest BCUT2D eigenvalue weighted by atomic mass is 79.9. The lowest BCUT2D eigenvalue weighted by Crippen LogP contribution is -2.05. The van der Waals surface area contributed by atoms with Crippen LogP contribution in [0.25, 0.3) is 0 Å². The summed E-state index contributed by atoms with van der Waals surface area (Å²) in [7, 11) is 1.78. The minimum absolute atomic E-state index is 0.352. The highest BCUT2D eigenvalue weighted by Gasteiger charge is 2.30. The van der Waals surface area contributed by atoms with Crippen LogP contribution in [0.1, 0.15) is 11.3 Å². The number of hydrogen-bond acceptors (Lipinski definition) is 2. The summed E-state index contributed by atoms with van der Waals surface area (Å²) in [6.07, 6.45) is -2.58. The first kappa shape index (κ1) is 13.9. The maximum Gasteiger partial charge on any atom is 0.416 e. The maximum atomic E-state index is 12.5. The fourth-order valence-electron chi connectivity index (χ4n) is 1.66. The van der Waals surface area contributed by atoms with Crippen molar-refractivity contribution in [2.45, 2.75) is 13.1 Å². The molecular weight excluding hydrogens is 323 g/mol. The van der Waals surface area contributed by atoms with Gasteiger partial charge in [0.15, 0.2) is 0 Å². The Labute approximate surface area is 116 Å². The standard InChI is InChI=1S/C12H11BrF3N3/c1-7-11(6-19(2)18-7)17-10-4-3-8(5-9(10)13)12(14,15)16/h3-6,17H,1-2H3. The van der Waals surface area contributed by atoms with Gasteiger partial charge >= 0.3 is 6.18 Å². The average Bonchev–Trinajstić information content (AvgIpc) is 2.59. The van der Waals surface area contributed by atoms with Crippen LogP contribution in [-0.4, -0.2) is 9.78 Å². The van der Waals surface area contributed by atoms with Crippen molar-refractivity contribution in [2.75, 3.05) is 5.32 Å². The molecule has 0 bridgehead atoms. The number of aryl methyl sites for hydroxylation is 2. The third kappa shape index (κ3) is 3.09. The van der Waals surface area contributed by atoms with Gasteiger partial charge in [-0.05, 0) is 41.1 Å². The number of nitrogens with one attached hydrogen (secondary N) is 1. The van der Waals surface area contributed by atoms with Gasteiger partial charge in [0.05, 0.1) is 22.6 Å². The van der Waals surface area contributed by atoms with E-state index in [0.29, 0.717) is 10.2 Å². The first-order valence-corrected chi connectivity index (χ1v) is 6.20. The van der Waals surface area contributed by atoms with Gasteiger partial charge < -0.3 is 5.32 Å². The summed E-state index contributed by atoms with van der Waals surface area (Å²) < 4.78 is 39.6. The smallest absolute Gasteiger partial charge is 0.352 e. The lowest BCUT2D eigenvalue weighted by molar-refractivity contribution is -0.137. The van der Waals surface area contributed by atoms with Crippen LogP contribution in [0.2, 0.25) is 0 Å². The number of rotatable bonds is 2. The van der Waals surface area contributed by atoms with Crippen LogP contribution >= 0.6 is 15.9 Å². The monoisotopic (exact) mass is 333 g/mol. The minimum atomic E-state index is -4.34. The van der Waals surface area contributed by atoms with Crippen LogP contribution in [0.5, 0.6) is 0 Å². The van der Waals surface area contributed by atoms with E-state index in [2.05, 4.69) is 26.3 Å². The molecule has 2 aromatic rings. The molecule has 3 nitrogen and oxygen atoms in total. The van der Waals surface area contributed by atoms with Gasteiger partial charge in [-0.3, -0.25) is 4.68 Å². The van der Waals surface area contributed by atoms with Gasteiger partial charge in [-0.1, -0.05) is 0 Å². The summed E-state index contributed by atoms with van der Waals surface area (Å²) in [4.78, 5) is 0. The molecule has 0 saturated carbocycles. The van der Waals surface area contributed by atoms with E-state index in [9.17, 15) is 13.2 Å². The number of alkyl halides is 3. The molecule has 1 N–H and O–H groups in total. The Morgan fingerprint density at radius 2 is 1.95 bits per heavy atom. The Balaban J connectivity index is 2.30. The van der Waals surface area contributed by atoms with Crippen LogP contribution in [-0.2, 0) is 13.2 Å². The number of aromatic nitrogens is 2. The number of halogens is 4. The molecule has 0 unspecified atom stereocenters. The number of hydrogen-bond donors (Lipinski definition) is 1. The molecule has 0 aliphatic heterocycles. The number of benzene rings is 1. The Bertz CT molecular complexity index is 605. The van der Waals surface area contributed by atoms with Gasteiger partial charge in [0.1, 0.15) is 0 Å². The quantitative estimate of drug-likeness (QED) is 0.890. The molecule has 7 heteroatoms. The molecule has 0 saturated heterocycles. The van der Waals surface area contributed by atoms with Crippen molar-refractivity contribution in [3.63, 3.8) is 0 Å². The van der Waals surface area contributed by atoms with Crippen molar-refractivity contribution in [1.82, 2.24) is 9.78 Å². The predicted molar refractivity (Wildman–Crippen MR) is 70.4 cm³/mol. The first-order chi connectivity index (χ1) is 8.77. The summed E-state index contributed by atoms with van der Waals surface area (Å²) in [6.45, 7) is 1.82. The molecule has 2 rings (SSSR count). The molecule has 0 spiro atoms. The lowest BCUT2D eigenvalue weighted by atomic mass is 10.2. The molecule has 1 heterocycles. The van der Waals surface area contributed by atoms with E-state index >= 15 is 0 Å². The highest BCUT2D eigenvalue weighted by molar-refractivity contribution is 9.10. The fourth-order valence-corrected chi connectivity index (χ4v) is 2.14. The van der Waals surface area contributed by atoms with Crippen LogP contribution in [0.15, 0.2) is 28.9 Å². The molecule has 0 radical (unpaired) electrons. The second-order valence-corrected chi connectivity index (χ2v) is 4.97. The van der Waals surface area contributed by atoms with Crippen molar-refractivity contribution in [3.8, 4) is 0 Å². The second-order valence-electron chi connectivity index (χ2n) is 4.12. The van der Waals surface area contributed by atoms with Crippen molar-refractivity contribution in [3.05, 3.63) is 40.1 Å². The van der Waals surface area contributed by atoms with Crippen LogP contribution < -0.4 is 5.32 Å². The molecular formula is C12H11BrF3N3. The molecule has 0 amide bonds. The Morgan fingerprint density at radius 1 is 1.26 bits per heavy atom. The van der Waals surface area contributed by atoms with Crippen LogP contribution in [0.3, 0.4) is 0 Å². The van der Waals surface area contributed by atoms with Gasteiger partial charge in [-0.25, -0.2) is 0 Å². The third-order valence-corrected chi connectivity index (χ3v) is 3.24. The highest BCUT2D eigenvalue weighted by Crippen LogP contribution is 2.35. The Morgan fingerprint density at radius 3 is 2.42 bits per heavy atom. The molecule has 0 aliphatic rings. The molecule has 1 aromatic carbocycles. The first-order valence-electron chi connectivity index (χ1n) is 5.41. The zero-order valence-electron chi connectivity index (χ0n) is 10.2. The van der Waals surface area contributed by atoms with Crippen LogP contribution in [0, 0.1) is 6.92 Å². The zero-order valence-corrected chi connectivity index (χ0v) is 11.8. The second kappa shape index (κ2) is 4.88. The number of nitrogens with zero attached hydrogens (tertiary/aromatic N) is 2. The van der Waals surface area contributed by atoms with Crippen molar-refractivity contribution in [2.24, 2.45) is 7.05 Å². The summed E-state index contributed by atoms with van der Waals surface area (Å²) in [6, 6.07) is 3.48. The van der Waals surface area contributed by atoms with E-state index in [1.165, 1.54) is 6.07 Å². The van der Waals surface area contributed by atoms with E-state index in [4.69, 9.17) is 0 Å². The largest absolute Gasteiger partial charge is 0.416 e. The van der Waals surface area contributed by atoms with Gasteiger partial charge in [0.2, 0.25) is 0 Å². The van der Waals surface area contributed by atoms with E-state index in [-0.39, 0.29) is 0 Å². The molecule has 0 atom stereocenters. The Kier molecular flexibility index (Phi) is 3.58. The van der Waals surface area contributed by atoms with Crippen molar-refractivity contribution >= 4 is 27.3 Å². The van der Waals surface area contributed by atoms with Crippen molar-refractivity contribution in [1.29, 1.82) is 0 Å². The maximum absolute atomic E-state index is 12.5. The third-order valence-electron chi connectivity index (χ3n) is 2.58. The molecule has 19 heavy (non-hydrogen) atoms. The molecule has 1 aromatic heterocycles. The zero-order chi connectivity index (χ0) is 14.2. The SMILES string of the molecule is Cc1nn(C)cc1Nc1ccc(C(F)(F)F)cc1Br. The summed E-state index contributed by atoms with van der Waals surface area (Å²) >= 11 is 3.14. The normalized spacial score (nSPS) is 11.7. The lowest BCUT2D eigenvalue weighted by Gasteiger charge is -2.11. The van der Waals surface area contributed by atoms with Gasteiger partial charge in [0.25, 0.3) is 0 Å². The summed E-state index contributed by atoms with van der Waals surface area (Å²) in [5, 5.41) is 7.19. The molecule has 0 aliphatic carbocycles. The summed E-state index contributed by atoms with van der Waals surface area (Å²) in [5.74, 6) is 0.